The molecule has 2 rings (SSSR count). The van der Waals surface area contributed by atoms with Crippen molar-refractivity contribution in [3.8, 4) is 0 Å². The number of nitro groups is 1. The summed E-state index contributed by atoms with van der Waals surface area (Å²) in [6.45, 7) is 2.12. The molecule has 1 aromatic rings. The first-order chi connectivity index (χ1) is 9.09. The zero-order valence-electron chi connectivity index (χ0n) is 10.6. The lowest BCUT2D eigenvalue weighted by molar-refractivity contribution is -0.384. The molecular weight excluding hydrogens is 272 g/mol. The molecule has 1 saturated heterocycles. The number of rotatable bonds is 4. The van der Waals surface area contributed by atoms with Gasteiger partial charge in [0.25, 0.3) is 0 Å². The van der Waals surface area contributed by atoms with Crippen LogP contribution in [-0.2, 0) is 4.74 Å². The molecule has 2 heterocycles. The third-order valence-electron chi connectivity index (χ3n) is 3.09. The van der Waals surface area contributed by atoms with Crippen molar-refractivity contribution in [2.24, 2.45) is 5.92 Å². The highest BCUT2D eigenvalue weighted by Crippen LogP contribution is 2.31. The lowest BCUT2D eigenvalue weighted by Crippen LogP contribution is -2.31. The molecule has 1 unspecified atom stereocenters. The van der Waals surface area contributed by atoms with Gasteiger partial charge in [-0.25, -0.2) is 9.97 Å². The Morgan fingerprint density at radius 2 is 2.42 bits per heavy atom. The van der Waals surface area contributed by atoms with Crippen molar-refractivity contribution in [3.05, 3.63) is 21.6 Å². The summed E-state index contributed by atoms with van der Waals surface area (Å²) in [5.74, 6) is 0.600. The van der Waals surface area contributed by atoms with Gasteiger partial charge in [-0.3, -0.25) is 10.1 Å². The highest BCUT2D eigenvalue weighted by molar-refractivity contribution is 6.31. The van der Waals surface area contributed by atoms with Gasteiger partial charge in [0.1, 0.15) is 6.33 Å². The van der Waals surface area contributed by atoms with Crippen LogP contribution in [0.25, 0.3) is 0 Å². The van der Waals surface area contributed by atoms with Crippen LogP contribution in [0.3, 0.4) is 0 Å². The molecule has 19 heavy (non-hydrogen) atoms. The fourth-order valence-corrected chi connectivity index (χ4v) is 2.41. The second-order valence-electron chi connectivity index (χ2n) is 4.56. The molecule has 0 radical (unpaired) electrons. The summed E-state index contributed by atoms with van der Waals surface area (Å²) in [5.41, 5.74) is -0.247. The maximum atomic E-state index is 11.0. The van der Waals surface area contributed by atoms with Crippen LogP contribution in [-0.4, -0.2) is 41.7 Å². The SMILES string of the molecule is CN(CC1CCCOC1)c1ncnc(Cl)c1[N+](=O)[O-]. The molecular formula is C11H15ClN4O3. The Kier molecular flexibility index (Phi) is 4.49. The molecule has 0 N–H and O–H groups in total. The summed E-state index contributed by atoms with van der Waals surface area (Å²) in [6, 6.07) is 0. The van der Waals surface area contributed by atoms with Crippen LogP contribution < -0.4 is 4.90 Å². The summed E-state index contributed by atoms with van der Waals surface area (Å²) in [6.07, 6.45) is 3.31. The highest BCUT2D eigenvalue weighted by atomic mass is 35.5. The van der Waals surface area contributed by atoms with Crippen molar-refractivity contribution in [2.75, 3.05) is 31.7 Å². The number of ether oxygens (including phenoxy) is 1. The molecule has 0 amide bonds. The van der Waals surface area contributed by atoms with E-state index in [2.05, 4.69) is 9.97 Å². The molecule has 0 aromatic carbocycles. The third-order valence-corrected chi connectivity index (χ3v) is 3.37. The van der Waals surface area contributed by atoms with Crippen LogP contribution in [0.4, 0.5) is 11.5 Å². The van der Waals surface area contributed by atoms with Gasteiger partial charge in [-0.2, -0.15) is 0 Å². The smallest absolute Gasteiger partial charge is 0.348 e. The van der Waals surface area contributed by atoms with Gasteiger partial charge in [0, 0.05) is 20.2 Å². The van der Waals surface area contributed by atoms with Gasteiger partial charge in [0.05, 0.1) is 11.5 Å². The van der Waals surface area contributed by atoms with Crippen molar-refractivity contribution in [2.45, 2.75) is 12.8 Å². The fraction of sp³-hybridized carbons (Fsp3) is 0.636. The van der Waals surface area contributed by atoms with Gasteiger partial charge in [0.15, 0.2) is 0 Å². The van der Waals surface area contributed by atoms with Gasteiger partial charge in [0.2, 0.25) is 11.0 Å². The maximum Gasteiger partial charge on any atom is 0.348 e. The van der Waals surface area contributed by atoms with E-state index in [0.29, 0.717) is 19.1 Å². The predicted molar refractivity (Wildman–Crippen MR) is 70.5 cm³/mol. The monoisotopic (exact) mass is 286 g/mol. The molecule has 7 nitrogen and oxygen atoms in total. The van der Waals surface area contributed by atoms with Gasteiger partial charge in [-0.1, -0.05) is 11.6 Å². The standard InChI is InChI=1S/C11H15ClN4O3/c1-15(5-8-3-2-4-19-6-8)11-9(16(17)18)10(12)13-7-14-11/h7-8H,2-6H2,1H3. The molecule has 0 aliphatic carbocycles. The molecule has 1 aliphatic heterocycles. The number of nitrogens with zero attached hydrogens (tertiary/aromatic N) is 4. The minimum absolute atomic E-state index is 0.137. The fourth-order valence-electron chi connectivity index (χ4n) is 2.21. The zero-order chi connectivity index (χ0) is 13.8. The average molecular weight is 287 g/mol. The molecule has 0 saturated carbocycles. The second-order valence-corrected chi connectivity index (χ2v) is 4.92. The van der Waals surface area contributed by atoms with Crippen LogP contribution in [0.15, 0.2) is 6.33 Å². The minimum atomic E-state index is -0.550. The van der Waals surface area contributed by atoms with Gasteiger partial charge >= 0.3 is 5.69 Å². The van der Waals surface area contributed by atoms with Crippen LogP contribution in [0, 0.1) is 16.0 Å². The molecule has 0 bridgehead atoms. The Bertz CT molecular complexity index is 465. The molecule has 1 aliphatic rings. The van der Waals surface area contributed by atoms with Crippen molar-refractivity contribution >= 4 is 23.1 Å². The Morgan fingerprint density at radius 1 is 1.63 bits per heavy atom. The summed E-state index contributed by atoms with van der Waals surface area (Å²) in [5, 5.41) is 10.9. The normalized spacial score (nSPS) is 19.2. The van der Waals surface area contributed by atoms with Gasteiger partial charge in [-0.05, 0) is 18.8 Å². The van der Waals surface area contributed by atoms with E-state index in [4.69, 9.17) is 16.3 Å². The quantitative estimate of drug-likeness (QED) is 0.478. The summed E-state index contributed by atoms with van der Waals surface area (Å²) < 4.78 is 5.40. The molecule has 1 aromatic heterocycles. The van der Waals surface area contributed by atoms with Gasteiger partial charge < -0.3 is 9.64 Å². The average Bonchev–Trinajstić information content (AvgIpc) is 2.39. The highest BCUT2D eigenvalue weighted by Gasteiger charge is 2.26. The van der Waals surface area contributed by atoms with E-state index < -0.39 is 4.92 Å². The van der Waals surface area contributed by atoms with E-state index >= 15 is 0 Å². The summed E-state index contributed by atoms with van der Waals surface area (Å²) in [7, 11) is 1.76. The number of hydrogen-bond donors (Lipinski definition) is 0. The van der Waals surface area contributed by atoms with E-state index in [1.807, 2.05) is 0 Å². The van der Waals surface area contributed by atoms with Crippen molar-refractivity contribution < 1.29 is 9.66 Å². The van der Waals surface area contributed by atoms with Crippen LogP contribution in [0.5, 0.6) is 0 Å². The van der Waals surface area contributed by atoms with Crippen LogP contribution in [0.2, 0.25) is 5.15 Å². The van der Waals surface area contributed by atoms with E-state index in [0.717, 1.165) is 19.4 Å². The Morgan fingerprint density at radius 3 is 3.05 bits per heavy atom. The van der Waals surface area contributed by atoms with E-state index in [-0.39, 0.29) is 16.7 Å². The zero-order valence-corrected chi connectivity index (χ0v) is 11.3. The minimum Gasteiger partial charge on any atom is -0.381 e. The summed E-state index contributed by atoms with van der Waals surface area (Å²) in [4.78, 5) is 19.8. The van der Waals surface area contributed by atoms with Crippen LogP contribution >= 0.6 is 11.6 Å². The first kappa shape index (κ1) is 14.0. The lowest BCUT2D eigenvalue weighted by atomic mass is 10.0. The Balaban J connectivity index is 2.16. The van der Waals surface area contributed by atoms with Crippen molar-refractivity contribution in [1.29, 1.82) is 0 Å². The van der Waals surface area contributed by atoms with Gasteiger partial charge in [-0.15, -0.1) is 0 Å². The number of halogens is 1. The maximum absolute atomic E-state index is 11.0. The topological polar surface area (TPSA) is 81.4 Å². The first-order valence-corrected chi connectivity index (χ1v) is 6.41. The second kappa shape index (κ2) is 6.12. The Labute approximate surface area is 115 Å². The van der Waals surface area contributed by atoms with E-state index in [1.165, 1.54) is 6.33 Å². The lowest BCUT2D eigenvalue weighted by Gasteiger charge is -2.27. The van der Waals surface area contributed by atoms with Crippen molar-refractivity contribution in [3.63, 3.8) is 0 Å². The largest absolute Gasteiger partial charge is 0.381 e. The number of hydrogen-bond acceptors (Lipinski definition) is 6. The predicted octanol–water partition coefficient (Wildman–Crippen LogP) is 1.90. The van der Waals surface area contributed by atoms with Crippen LogP contribution in [0.1, 0.15) is 12.8 Å². The Hall–Kier alpha value is -1.47. The van der Waals surface area contributed by atoms with E-state index in [9.17, 15) is 10.1 Å². The number of aromatic nitrogens is 2. The molecule has 0 spiro atoms. The van der Waals surface area contributed by atoms with E-state index in [1.54, 1.807) is 11.9 Å². The number of anilines is 1. The third kappa shape index (κ3) is 3.30. The molecule has 1 atom stereocenters. The summed E-state index contributed by atoms with van der Waals surface area (Å²) >= 11 is 5.77. The molecule has 8 heteroatoms. The van der Waals surface area contributed by atoms with Crippen molar-refractivity contribution in [1.82, 2.24) is 9.97 Å². The first-order valence-electron chi connectivity index (χ1n) is 6.03. The molecule has 1 fully saturated rings. The molecule has 104 valence electrons.